The topological polar surface area (TPSA) is 71.5 Å². The lowest BCUT2D eigenvalue weighted by atomic mass is 9.83. The molecule has 6 nitrogen and oxygen atoms in total. The van der Waals surface area contributed by atoms with Gasteiger partial charge >= 0.3 is 18.0 Å². The maximum atomic E-state index is 12.9. The van der Waals surface area contributed by atoms with E-state index < -0.39 is 29.2 Å². The number of amides is 2. The van der Waals surface area contributed by atoms with Crippen molar-refractivity contribution in [2.75, 3.05) is 18.4 Å². The van der Waals surface area contributed by atoms with Gasteiger partial charge in [-0.15, -0.1) is 0 Å². The van der Waals surface area contributed by atoms with Crippen LogP contribution in [0.25, 0.3) is 0 Å². The summed E-state index contributed by atoms with van der Waals surface area (Å²) in [6.07, 6.45) is -2.27. The highest BCUT2D eigenvalue weighted by Crippen LogP contribution is 2.45. The number of pyridine rings is 1. The Bertz CT molecular complexity index is 987. The summed E-state index contributed by atoms with van der Waals surface area (Å²) in [6.45, 7) is 0.595. The molecule has 2 aromatic rings. The SMILES string of the molecule is O=C(Nc1ccc(Cl)cn1)C(=O)N1CCC2(CC1)OCc1cc(C(F)(F)F)ccc12. The highest BCUT2D eigenvalue weighted by Gasteiger charge is 2.45. The summed E-state index contributed by atoms with van der Waals surface area (Å²) < 4.78 is 44.7. The number of fused-ring (bicyclic) bond motifs is 2. The number of benzene rings is 1. The average molecular weight is 440 g/mol. The molecule has 10 heteroatoms. The zero-order chi connectivity index (χ0) is 21.5. The van der Waals surface area contributed by atoms with Gasteiger partial charge in [-0.1, -0.05) is 17.7 Å². The van der Waals surface area contributed by atoms with Crippen LogP contribution >= 0.6 is 11.6 Å². The lowest BCUT2D eigenvalue weighted by Crippen LogP contribution is -2.48. The lowest BCUT2D eigenvalue weighted by molar-refractivity contribution is -0.147. The fourth-order valence-electron chi connectivity index (χ4n) is 3.88. The minimum atomic E-state index is -4.41. The standard InChI is InChI=1S/C20H17ClF3N3O3/c21-14-2-4-16(25-10-14)26-17(28)18(29)27-7-5-19(6-8-27)15-3-1-13(20(22,23)24)9-12(15)11-30-19/h1-4,9-10H,5-8,11H2,(H,25,26,28). The molecule has 1 aromatic carbocycles. The molecule has 0 radical (unpaired) electrons. The first-order chi connectivity index (χ1) is 14.2. The summed E-state index contributed by atoms with van der Waals surface area (Å²) in [6, 6.07) is 6.66. The number of hydrogen-bond acceptors (Lipinski definition) is 4. The second-order valence-corrected chi connectivity index (χ2v) is 7.70. The van der Waals surface area contributed by atoms with Gasteiger partial charge in [0.2, 0.25) is 0 Å². The first-order valence-corrected chi connectivity index (χ1v) is 9.62. The van der Waals surface area contributed by atoms with E-state index in [1.54, 1.807) is 6.07 Å². The second-order valence-electron chi connectivity index (χ2n) is 7.26. The maximum absolute atomic E-state index is 12.9. The summed E-state index contributed by atoms with van der Waals surface area (Å²) in [7, 11) is 0. The number of nitrogens with zero attached hydrogens (tertiary/aromatic N) is 2. The van der Waals surface area contributed by atoms with Crippen molar-refractivity contribution in [2.24, 2.45) is 0 Å². The second kappa shape index (κ2) is 7.55. The van der Waals surface area contributed by atoms with Gasteiger partial charge in [0.15, 0.2) is 0 Å². The molecule has 4 rings (SSSR count). The Hall–Kier alpha value is -2.65. The number of carbonyl (C=O) groups is 2. The van der Waals surface area contributed by atoms with Gasteiger partial charge in [0, 0.05) is 19.3 Å². The third kappa shape index (κ3) is 3.87. The van der Waals surface area contributed by atoms with E-state index in [0.29, 0.717) is 23.4 Å². The molecule has 2 aliphatic heterocycles. The molecule has 1 aromatic heterocycles. The molecule has 0 saturated carbocycles. The molecular formula is C20H17ClF3N3O3. The average Bonchev–Trinajstić information content (AvgIpc) is 3.07. The fraction of sp³-hybridized carbons (Fsp3) is 0.350. The van der Waals surface area contributed by atoms with Crippen LogP contribution in [0.15, 0.2) is 36.5 Å². The number of rotatable bonds is 1. The Labute approximate surface area is 175 Å². The van der Waals surface area contributed by atoms with Crippen LogP contribution in [0, 0.1) is 0 Å². The predicted molar refractivity (Wildman–Crippen MR) is 102 cm³/mol. The Kier molecular flexibility index (Phi) is 5.19. The Morgan fingerprint density at radius 3 is 2.53 bits per heavy atom. The lowest BCUT2D eigenvalue weighted by Gasteiger charge is -2.39. The van der Waals surface area contributed by atoms with Gasteiger partial charge in [-0.3, -0.25) is 9.59 Å². The number of alkyl halides is 3. The summed E-state index contributed by atoms with van der Waals surface area (Å²) in [4.78, 5) is 30.0. The number of anilines is 1. The normalized spacial score (nSPS) is 17.7. The summed E-state index contributed by atoms with van der Waals surface area (Å²) in [5, 5.41) is 2.83. The molecular weight excluding hydrogens is 423 g/mol. The van der Waals surface area contributed by atoms with E-state index in [1.165, 1.54) is 23.2 Å². The van der Waals surface area contributed by atoms with Gasteiger partial charge in [-0.2, -0.15) is 13.2 Å². The van der Waals surface area contributed by atoms with Gasteiger partial charge in [-0.25, -0.2) is 4.98 Å². The predicted octanol–water partition coefficient (Wildman–Crippen LogP) is 3.74. The molecule has 2 amide bonds. The van der Waals surface area contributed by atoms with Crippen LogP contribution < -0.4 is 5.32 Å². The van der Waals surface area contributed by atoms with Crippen molar-refractivity contribution in [3.8, 4) is 0 Å². The largest absolute Gasteiger partial charge is 0.416 e. The van der Waals surface area contributed by atoms with Crippen molar-refractivity contribution >= 4 is 29.2 Å². The van der Waals surface area contributed by atoms with Crippen LogP contribution in [-0.4, -0.2) is 34.8 Å². The number of ether oxygens (including phenoxy) is 1. The Balaban J connectivity index is 1.41. The molecule has 0 atom stereocenters. The summed E-state index contributed by atoms with van der Waals surface area (Å²) in [5.74, 6) is -1.31. The van der Waals surface area contributed by atoms with Crippen LogP contribution in [0.2, 0.25) is 5.02 Å². The van der Waals surface area contributed by atoms with Gasteiger partial charge in [-0.05, 0) is 48.2 Å². The molecule has 1 N–H and O–H groups in total. The first-order valence-electron chi connectivity index (χ1n) is 9.24. The van der Waals surface area contributed by atoms with E-state index in [1.807, 2.05) is 0 Å². The van der Waals surface area contributed by atoms with Crippen LogP contribution in [0.1, 0.15) is 29.5 Å². The summed E-state index contributed by atoms with van der Waals surface area (Å²) >= 11 is 5.74. The van der Waals surface area contributed by atoms with Crippen molar-refractivity contribution in [1.82, 2.24) is 9.88 Å². The van der Waals surface area contributed by atoms with Crippen molar-refractivity contribution in [1.29, 1.82) is 0 Å². The van der Waals surface area contributed by atoms with E-state index in [0.717, 1.165) is 17.7 Å². The Morgan fingerprint density at radius 1 is 1.17 bits per heavy atom. The minimum Gasteiger partial charge on any atom is -0.365 e. The number of hydrogen-bond donors (Lipinski definition) is 1. The molecule has 0 aliphatic carbocycles. The van der Waals surface area contributed by atoms with Gasteiger partial charge in [0.25, 0.3) is 0 Å². The van der Waals surface area contributed by atoms with E-state index in [-0.39, 0.29) is 25.5 Å². The summed E-state index contributed by atoms with van der Waals surface area (Å²) in [5.41, 5.74) is -0.208. The number of aromatic nitrogens is 1. The third-order valence-electron chi connectivity index (χ3n) is 5.45. The molecule has 0 bridgehead atoms. The first kappa shape index (κ1) is 20.6. The third-order valence-corrected chi connectivity index (χ3v) is 5.67. The molecule has 2 aliphatic rings. The van der Waals surface area contributed by atoms with E-state index in [2.05, 4.69) is 10.3 Å². The van der Waals surface area contributed by atoms with Crippen LogP contribution in [0.5, 0.6) is 0 Å². The number of carbonyl (C=O) groups excluding carboxylic acids is 2. The molecule has 1 spiro atoms. The monoisotopic (exact) mass is 439 g/mol. The van der Waals surface area contributed by atoms with Crippen LogP contribution in [0.4, 0.5) is 19.0 Å². The van der Waals surface area contributed by atoms with Crippen molar-refractivity contribution in [3.05, 3.63) is 58.2 Å². The molecule has 3 heterocycles. The quantitative estimate of drug-likeness (QED) is 0.687. The highest BCUT2D eigenvalue weighted by atomic mass is 35.5. The number of likely N-dealkylation sites (tertiary alicyclic amines) is 1. The van der Waals surface area contributed by atoms with Crippen molar-refractivity contribution < 1.29 is 27.5 Å². The van der Waals surface area contributed by atoms with E-state index in [4.69, 9.17) is 16.3 Å². The zero-order valence-corrected chi connectivity index (χ0v) is 16.4. The number of halogens is 4. The molecule has 0 unspecified atom stereocenters. The van der Waals surface area contributed by atoms with Crippen LogP contribution in [0.3, 0.4) is 0 Å². The molecule has 1 fully saturated rings. The van der Waals surface area contributed by atoms with E-state index >= 15 is 0 Å². The van der Waals surface area contributed by atoms with Gasteiger partial charge in [0.05, 0.1) is 22.8 Å². The maximum Gasteiger partial charge on any atom is 0.416 e. The smallest absolute Gasteiger partial charge is 0.365 e. The fourth-order valence-corrected chi connectivity index (χ4v) is 3.99. The minimum absolute atomic E-state index is 0.0932. The van der Waals surface area contributed by atoms with E-state index in [9.17, 15) is 22.8 Å². The van der Waals surface area contributed by atoms with Crippen molar-refractivity contribution in [3.63, 3.8) is 0 Å². The van der Waals surface area contributed by atoms with Gasteiger partial charge < -0.3 is 15.0 Å². The Morgan fingerprint density at radius 2 is 1.90 bits per heavy atom. The number of piperidine rings is 1. The molecule has 158 valence electrons. The number of nitrogens with one attached hydrogen (secondary N) is 1. The van der Waals surface area contributed by atoms with Crippen LogP contribution in [-0.2, 0) is 32.7 Å². The highest BCUT2D eigenvalue weighted by molar-refractivity contribution is 6.39. The zero-order valence-electron chi connectivity index (χ0n) is 15.6. The molecule has 1 saturated heterocycles. The molecule has 30 heavy (non-hydrogen) atoms. The van der Waals surface area contributed by atoms with Crippen molar-refractivity contribution in [2.45, 2.75) is 31.2 Å². The van der Waals surface area contributed by atoms with Gasteiger partial charge in [0.1, 0.15) is 5.82 Å².